The first-order valence-electron chi connectivity index (χ1n) is 7.17. The average Bonchev–Trinajstić information content (AvgIpc) is 2.54. The molecule has 1 amide bonds. The molecule has 0 aliphatic heterocycles. The number of aryl methyl sites for hydroxylation is 1. The maximum absolute atomic E-state index is 12.6. The van der Waals surface area contributed by atoms with Gasteiger partial charge in [-0.2, -0.15) is 0 Å². The summed E-state index contributed by atoms with van der Waals surface area (Å²) in [4.78, 5) is 34.8. The Labute approximate surface area is 134 Å². The number of hydrogen-bond acceptors (Lipinski definition) is 4. The van der Waals surface area contributed by atoms with Crippen LogP contribution in [-0.2, 0) is 9.59 Å². The first-order chi connectivity index (χ1) is 11.0. The molecule has 1 N–H and O–H groups in total. The van der Waals surface area contributed by atoms with E-state index in [0.29, 0.717) is 16.8 Å². The largest absolute Gasteiger partial charge is 0.550 e. The van der Waals surface area contributed by atoms with Gasteiger partial charge in [0.1, 0.15) is 0 Å². The quantitative estimate of drug-likeness (QED) is 0.823. The van der Waals surface area contributed by atoms with E-state index in [1.54, 1.807) is 42.5 Å². The Morgan fingerprint density at radius 1 is 1.00 bits per heavy atom. The molecule has 0 radical (unpaired) electrons. The second kappa shape index (κ2) is 7.35. The van der Waals surface area contributed by atoms with Crippen molar-refractivity contribution in [2.45, 2.75) is 19.8 Å². The summed E-state index contributed by atoms with van der Waals surface area (Å²) in [6.07, 6.45) is -0.561. The molecule has 0 saturated heterocycles. The van der Waals surface area contributed by atoms with Crippen LogP contribution in [0.1, 0.15) is 34.3 Å². The number of rotatable bonds is 6. The molecular formula is C18H16NO4-. The van der Waals surface area contributed by atoms with Crippen LogP contribution in [0, 0.1) is 6.92 Å². The predicted molar refractivity (Wildman–Crippen MR) is 83.9 cm³/mol. The zero-order chi connectivity index (χ0) is 16.8. The fourth-order valence-corrected chi connectivity index (χ4v) is 2.13. The van der Waals surface area contributed by atoms with Crippen LogP contribution in [0.4, 0.5) is 5.69 Å². The highest BCUT2D eigenvalue weighted by Gasteiger charge is 2.15. The van der Waals surface area contributed by atoms with E-state index in [2.05, 4.69) is 5.32 Å². The molecule has 0 bridgehead atoms. The molecule has 0 fully saturated rings. The molecule has 2 aromatic carbocycles. The van der Waals surface area contributed by atoms with Crippen LogP contribution in [0.25, 0.3) is 0 Å². The summed E-state index contributed by atoms with van der Waals surface area (Å²) in [6, 6.07) is 13.9. The summed E-state index contributed by atoms with van der Waals surface area (Å²) in [7, 11) is 0. The normalized spacial score (nSPS) is 10.1. The van der Waals surface area contributed by atoms with E-state index in [9.17, 15) is 19.5 Å². The van der Waals surface area contributed by atoms with Crippen molar-refractivity contribution in [1.82, 2.24) is 0 Å². The van der Waals surface area contributed by atoms with Gasteiger partial charge in [-0.25, -0.2) is 0 Å². The van der Waals surface area contributed by atoms with Crippen LogP contribution >= 0.6 is 0 Å². The molecule has 0 aromatic heterocycles. The number of benzene rings is 2. The number of carbonyl (C=O) groups is 3. The van der Waals surface area contributed by atoms with Gasteiger partial charge in [0.25, 0.3) is 0 Å². The van der Waals surface area contributed by atoms with E-state index < -0.39 is 11.9 Å². The van der Waals surface area contributed by atoms with Crippen LogP contribution in [0.2, 0.25) is 0 Å². The van der Waals surface area contributed by atoms with Gasteiger partial charge in [-0.1, -0.05) is 42.0 Å². The van der Waals surface area contributed by atoms with Gasteiger partial charge >= 0.3 is 0 Å². The number of carboxylic acid groups (broad SMARTS) is 1. The Kier molecular flexibility index (Phi) is 5.25. The number of amides is 1. The number of anilines is 1. The third kappa shape index (κ3) is 4.51. The van der Waals surface area contributed by atoms with Crippen LogP contribution in [0.15, 0.2) is 48.5 Å². The number of hydrogen-bond donors (Lipinski definition) is 1. The Morgan fingerprint density at radius 2 is 1.70 bits per heavy atom. The van der Waals surface area contributed by atoms with Gasteiger partial charge in [0.2, 0.25) is 5.91 Å². The molecule has 23 heavy (non-hydrogen) atoms. The Morgan fingerprint density at radius 3 is 2.35 bits per heavy atom. The molecule has 0 heterocycles. The highest BCUT2D eigenvalue weighted by Crippen LogP contribution is 2.21. The summed E-state index contributed by atoms with van der Waals surface area (Å²) in [5, 5.41) is 13.0. The Balaban J connectivity index is 2.26. The van der Waals surface area contributed by atoms with Crippen LogP contribution in [0.5, 0.6) is 0 Å². The van der Waals surface area contributed by atoms with Gasteiger partial charge < -0.3 is 15.2 Å². The van der Waals surface area contributed by atoms with Crippen molar-refractivity contribution in [3.63, 3.8) is 0 Å². The van der Waals surface area contributed by atoms with Crippen LogP contribution in [-0.4, -0.2) is 17.7 Å². The van der Waals surface area contributed by atoms with Gasteiger partial charge in [-0.3, -0.25) is 9.59 Å². The highest BCUT2D eigenvalue weighted by atomic mass is 16.4. The average molecular weight is 310 g/mol. The first-order valence-corrected chi connectivity index (χ1v) is 7.17. The van der Waals surface area contributed by atoms with Crippen LogP contribution < -0.4 is 10.4 Å². The fourth-order valence-electron chi connectivity index (χ4n) is 2.13. The molecule has 0 unspecified atom stereocenters. The molecule has 5 nitrogen and oxygen atoms in total. The predicted octanol–water partition coefficient (Wildman–Crippen LogP) is 1.69. The smallest absolute Gasteiger partial charge is 0.224 e. The molecule has 0 atom stereocenters. The van der Waals surface area contributed by atoms with Crippen molar-refractivity contribution in [2.75, 3.05) is 5.32 Å². The van der Waals surface area contributed by atoms with Crippen molar-refractivity contribution in [2.24, 2.45) is 0 Å². The van der Waals surface area contributed by atoms with Gasteiger partial charge in [-0.05, 0) is 25.5 Å². The number of aliphatic carboxylic acids is 1. The van der Waals surface area contributed by atoms with Crippen molar-refractivity contribution in [1.29, 1.82) is 0 Å². The maximum Gasteiger partial charge on any atom is 0.224 e. The third-order valence-corrected chi connectivity index (χ3v) is 3.29. The minimum atomic E-state index is -1.29. The maximum atomic E-state index is 12.6. The van der Waals surface area contributed by atoms with Gasteiger partial charge in [0.15, 0.2) is 5.78 Å². The lowest BCUT2D eigenvalue weighted by molar-refractivity contribution is -0.305. The summed E-state index contributed by atoms with van der Waals surface area (Å²) in [5.41, 5.74) is 2.14. The highest BCUT2D eigenvalue weighted by molar-refractivity contribution is 6.14. The van der Waals surface area contributed by atoms with E-state index in [-0.39, 0.29) is 18.6 Å². The number of carboxylic acids is 1. The lowest BCUT2D eigenvalue weighted by atomic mass is 9.99. The van der Waals surface area contributed by atoms with Gasteiger partial charge in [0, 0.05) is 23.5 Å². The second-order valence-corrected chi connectivity index (χ2v) is 5.16. The zero-order valence-electron chi connectivity index (χ0n) is 12.7. The van der Waals surface area contributed by atoms with Crippen molar-refractivity contribution < 1.29 is 19.5 Å². The molecular weight excluding hydrogens is 294 g/mol. The zero-order valence-corrected chi connectivity index (χ0v) is 12.7. The fraction of sp³-hybridized carbons (Fsp3) is 0.167. The molecule has 0 spiro atoms. The third-order valence-electron chi connectivity index (χ3n) is 3.29. The number of nitrogens with one attached hydrogen (secondary N) is 1. The number of carbonyl (C=O) groups excluding carboxylic acids is 3. The van der Waals surface area contributed by atoms with E-state index >= 15 is 0 Å². The summed E-state index contributed by atoms with van der Waals surface area (Å²) < 4.78 is 0. The first kappa shape index (κ1) is 16.4. The minimum absolute atomic E-state index is 0.199. The van der Waals surface area contributed by atoms with Gasteiger partial charge in [-0.15, -0.1) is 0 Å². The standard InChI is InChI=1S/C18H17NO4/c1-12-7-8-15(19-16(20)9-10-17(21)22)14(11-12)18(23)13-5-3-2-4-6-13/h2-8,11H,9-10H2,1H3,(H,19,20)(H,21,22)/p-1. The minimum Gasteiger partial charge on any atom is -0.550 e. The van der Waals surface area contributed by atoms with E-state index in [1.165, 1.54) is 0 Å². The topological polar surface area (TPSA) is 86.3 Å². The van der Waals surface area contributed by atoms with Crippen molar-refractivity contribution in [3.05, 3.63) is 65.2 Å². The Bertz CT molecular complexity index is 738. The summed E-state index contributed by atoms with van der Waals surface area (Å²) in [5.74, 6) is -1.96. The molecule has 2 aromatic rings. The lowest BCUT2D eigenvalue weighted by Crippen LogP contribution is -2.24. The van der Waals surface area contributed by atoms with Crippen molar-refractivity contribution >= 4 is 23.3 Å². The molecule has 0 saturated carbocycles. The summed E-state index contributed by atoms with van der Waals surface area (Å²) in [6.45, 7) is 1.85. The van der Waals surface area contributed by atoms with Crippen LogP contribution in [0.3, 0.4) is 0 Å². The van der Waals surface area contributed by atoms with Crippen molar-refractivity contribution in [3.8, 4) is 0 Å². The monoisotopic (exact) mass is 310 g/mol. The molecule has 5 heteroatoms. The molecule has 0 aliphatic carbocycles. The summed E-state index contributed by atoms with van der Waals surface area (Å²) >= 11 is 0. The second-order valence-electron chi connectivity index (χ2n) is 5.16. The lowest BCUT2D eigenvalue weighted by Gasteiger charge is -2.12. The Hall–Kier alpha value is -2.95. The van der Waals surface area contributed by atoms with E-state index in [1.807, 2.05) is 13.0 Å². The van der Waals surface area contributed by atoms with E-state index in [4.69, 9.17) is 0 Å². The van der Waals surface area contributed by atoms with Gasteiger partial charge in [0.05, 0.1) is 5.69 Å². The van der Waals surface area contributed by atoms with E-state index in [0.717, 1.165) is 5.56 Å². The SMILES string of the molecule is Cc1ccc(NC(=O)CCC(=O)[O-])c(C(=O)c2ccccc2)c1. The molecule has 118 valence electrons. The molecule has 0 aliphatic rings. The number of ketones is 1. The molecule has 2 rings (SSSR count).